The largest absolute Gasteiger partial charge is 0.313 e. The molecule has 0 spiro atoms. The Morgan fingerprint density at radius 1 is 1.56 bits per heavy atom. The van der Waals surface area contributed by atoms with Gasteiger partial charge in [-0.1, -0.05) is 6.92 Å². The number of nitrogens with one attached hydrogen (secondary N) is 1. The topological polar surface area (TPSA) is 29.9 Å². The van der Waals surface area contributed by atoms with Gasteiger partial charge in [0, 0.05) is 30.7 Å². The molecule has 0 aliphatic carbocycles. The summed E-state index contributed by atoms with van der Waals surface area (Å²) in [6.07, 6.45) is 6.41. The summed E-state index contributed by atoms with van der Waals surface area (Å²) >= 11 is 5.75. The van der Waals surface area contributed by atoms with Crippen molar-refractivity contribution < 1.29 is 0 Å². The molecule has 1 N–H and O–H groups in total. The van der Waals surface area contributed by atoms with Crippen LogP contribution >= 0.6 is 11.6 Å². The highest BCUT2D eigenvalue weighted by atomic mass is 35.5. The van der Waals surface area contributed by atoms with Gasteiger partial charge < -0.3 is 5.32 Å². The Hall–Kier alpha value is -0.540. The van der Waals surface area contributed by atoms with Gasteiger partial charge in [0.25, 0.3) is 0 Å². The second kappa shape index (κ2) is 7.69. The van der Waals surface area contributed by atoms with Crippen LogP contribution in [0.2, 0.25) is 0 Å². The van der Waals surface area contributed by atoms with Crippen molar-refractivity contribution in [3.8, 4) is 0 Å². The van der Waals surface area contributed by atoms with Gasteiger partial charge in [-0.25, -0.2) is 0 Å². The molecule has 3 nitrogen and oxygen atoms in total. The van der Waals surface area contributed by atoms with E-state index in [0.717, 1.165) is 25.5 Å². The minimum absolute atomic E-state index is 0.631. The molecule has 0 bridgehead atoms. The van der Waals surface area contributed by atoms with Gasteiger partial charge in [0.15, 0.2) is 0 Å². The number of nitrogens with zero attached hydrogens (tertiary/aromatic N) is 2. The zero-order chi connectivity index (χ0) is 11.8. The highest BCUT2D eigenvalue weighted by molar-refractivity contribution is 6.18. The van der Waals surface area contributed by atoms with Gasteiger partial charge in [0.05, 0.1) is 6.20 Å². The van der Waals surface area contributed by atoms with Crippen molar-refractivity contribution in [3.05, 3.63) is 18.0 Å². The molecule has 1 aromatic heterocycles. The van der Waals surface area contributed by atoms with Crippen LogP contribution in [-0.2, 0) is 13.1 Å². The summed E-state index contributed by atoms with van der Waals surface area (Å²) in [7, 11) is 0. The molecule has 4 heteroatoms. The number of hydrogen-bond donors (Lipinski definition) is 1. The number of alkyl halides is 1. The van der Waals surface area contributed by atoms with Crippen molar-refractivity contribution in [1.82, 2.24) is 15.1 Å². The van der Waals surface area contributed by atoms with Gasteiger partial charge in [0.2, 0.25) is 0 Å². The second-order valence-corrected chi connectivity index (χ2v) is 4.59. The summed E-state index contributed by atoms with van der Waals surface area (Å²) in [5.41, 5.74) is 1.26. The molecule has 0 fully saturated rings. The van der Waals surface area contributed by atoms with Crippen molar-refractivity contribution in [2.24, 2.45) is 5.92 Å². The number of aromatic nitrogens is 2. The summed E-state index contributed by atoms with van der Waals surface area (Å²) in [6.45, 7) is 7.19. The molecule has 1 heterocycles. The van der Waals surface area contributed by atoms with E-state index < -0.39 is 0 Å². The van der Waals surface area contributed by atoms with Gasteiger partial charge in [-0.2, -0.15) is 5.10 Å². The molecule has 0 aromatic carbocycles. The molecule has 1 unspecified atom stereocenters. The van der Waals surface area contributed by atoms with Gasteiger partial charge in [0.1, 0.15) is 0 Å². The number of aryl methyl sites for hydroxylation is 1. The summed E-state index contributed by atoms with van der Waals surface area (Å²) in [5.74, 6) is 1.40. The van der Waals surface area contributed by atoms with Crippen LogP contribution < -0.4 is 5.32 Å². The first-order chi connectivity index (χ1) is 7.76. The van der Waals surface area contributed by atoms with E-state index in [1.807, 2.05) is 10.9 Å². The van der Waals surface area contributed by atoms with Gasteiger partial charge in [-0.15, -0.1) is 11.6 Å². The van der Waals surface area contributed by atoms with E-state index in [4.69, 9.17) is 11.6 Å². The minimum Gasteiger partial charge on any atom is -0.313 e. The Balaban J connectivity index is 2.07. The van der Waals surface area contributed by atoms with Crippen LogP contribution in [0.5, 0.6) is 0 Å². The fraction of sp³-hybridized carbons (Fsp3) is 0.750. The molecule has 0 aliphatic heterocycles. The van der Waals surface area contributed by atoms with Crippen LogP contribution in [-0.4, -0.2) is 22.2 Å². The number of halogens is 1. The molecule has 0 aliphatic rings. The van der Waals surface area contributed by atoms with Gasteiger partial charge in [-0.05, 0) is 32.2 Å². The Morgan fingerprint density at radius 3 is 3.00 bits per heavy atom. The lowest BCUT2D eigenvalue weighted by Crippen LogP contribution is -2.15. The maximum atomic E-state index is 5.75. The quantitative estimate of drug-likeness (QED) is 0.562. The Morgan fingerprint density at radius 2 is 2.38 bits per heavy atom. The lowest BCUT2D eigenvalue weighted by atomic mass is 10.1. The van der Waals surface area contributed by atoms with Gasteiger partial charge >= 0.3 is 0 Å². The molecule has 16 heavy (non-hydrogen) atoms. The fourth-order valence-electron chi connectivity index (χ4n) is 1.56. The SMILES string of the molecule is CCn1cc(CNCCCC(C)CCl)cn1. The Kier molecular flexibility index (Phi) is 6.50. The third-order valence-corrected chi connectivity index (χ3v) is 3.18. The molecule has 0 saturated heterocycles. The summed E-state index contributed by atoms with van der Waals surface area (Å²) in [4.78, 5) is 0. The molecular weight excluding hydrogens is 222 g/mol. The first kappa shape index (κ1) is 13.5. The maximum Gasteiger partial charge on any atom is 0.0534 e. The highest BCUT2D eigenvalue weighted by Crippen LogP contribution is 2.06. The van der Waals surface area contributed by atoms with Crippen LogP contribution in [0.4, 0.5) is 0 Å². The van der Waals surface area contributed by atoms with Gasteiger partial charge in [-0.3, -0.25) is 4.68 Å². The highest BCUT2D eigenvalue weighted by Gasteiger charge is 2.00. The van der Waals surface area contributed by atoms with E-state index in [-0.39, 0.29) is 0 Å². The lowest BCUT2D eigenvalue weighted by Gasteiger charge is -2.07. The Labute approximate surface area is 103 Å². The minimum atomic E-state index is 0.631. The molecule has 1 rings (SSSR count). The fourth-order valence-corrected chi connectivity index (χ4v) is 1.71. The number of rotatable bonds is 8. The first-order valence-electron chi connectivity index (χ1n) is 6.04. The van der Waals surface area contributed by atoms with Crippen molar-refractivity contribution >= 4 is 11.6 Å². The lowest BCUT2D eigenvalue weighted by molar-refractivity contribution is 0.531. The van der Waals surface area contributed by atoms with Crippen molar-refractivity contribution in [3.63, 3.8) is 0 Å². The van der Waals surface area contributed by atoms with Crippen LogP contribution in [0.1, 0.15) is 32.3 Å². The molecule has 0 amide bonds. The number of hydrogen-bond acceptors (Lipinski definition) is 2. The average Bonchev–Trinajstić information content (AvgIpc) is 2.76. The monoisotopic (exact) mass is 243 g/mol. The third kappa shape index (κ3) is 4.99. The van der Waals surface area contributed by atoms with Crippen molar-refractivity contribution in [2.75, 3.05) is 12.4 Å². The van der Waals surface area contributed by atoms with E-state index in [1.165, 1.54) is 18.4 Å². The van der Waals surface area contributed by atoms with Crippen LogP contribution in [0.3, 0.4) is 0 Å². The summed E-state index contributed by atoms with van der Waals surface area (Å²) in [5, 5.41) is 7.66. The second-order valence-electron chi connectivity index (χ2n) is 4.28. The predicted octanol–water partition coefficient (Wildman–Crippen LogP) is 2.65. The molecule has 0 radical (unpaired) electrons. The van der Waals surface area contributed by atoms with Crippen LogP contribution in [0.15, 0.2) is 12.4 Å². The summed E-state index contributed by atoms with van der Waals surface area (Å²) in [6, 6.07) is 0. The van der Waals surface area contributed by atoms with Crippen molar-refractivity contribution in [1.29, 1.82) is 0 Å². The summed E-state index contributed by atoms with van der Waals surface area (Å²) < 4.78 is 1.95. The molecule has 1 atom stereocenters. The molecular formula is C12H22ClN3. The molecule has 92 valence electrons. The zero-order valence-electron chi connectivity index (χ0n) is 10.2. The maximum absolute atomic E-state index is 5.75. The van der Waals surface area contributed by atoms with E-state index in [9.17, 15) is 0 Å². The predicted molar refractivity (Wildman–Crippen MR) is 68.7 cm³/mol. The molecule has 1 aromatic rings. The van der Waals surface area contributed by atoms with E-state index in [2.05, 4.69) is 30.5 Å². The van der Waals surface area contributed by atoms with Crippen LogP contribution in [0.25, 0.3) is 0 Å². The van der Waals surface area contributed by atoms with E-state index >= 15 is 0 Å². The Bertz CT molecular complexity index is 286. The smallest absolute Gasteiger partial charge is 0.0534 e. The molecule has 0 saturated carbocycles. The van der Waals surface area contributed by atoms with Crippen LogP contribution in [0, 0.1) is 5.92 Å². The standard InChI is InChI=1S/C12H22ClN3/c1-3-16-10-12(9-15-16)8-14-6-4-5-11(2)7-13/h9-11,14H,3-8H2,1-2H3. The van der Waals surface area contributed by atoms with E-state index in [0.29, 0.717) is 5.92 Å². The van der Waals surface area contributed by atoms with E-state index in [1.54, 1.807) is 0 Å². The normalized spacial score (nSPS) is 12.9. The average molecular weight is 244 g/mol. The zero-order valence-corrected chi connectivity index (χ0v) is 11.0. The third-order valence-electron chi connectivity index (χ3n) is 2.65. The first-order valence-corrected chi connectivity index (χ1v) is 6.57. The van der Waals surface area contributed by atoms with Crippen molar-refractivity contribution in [2.45, 2.75) is 39.8 Å².